The number of pyridine rings is 1. The third-order valence-electron chi connectivity index (χ3n) is 3.51. The average Bonchev–Trinajstić information content (AvgIpc) is 2.60. The van der Waals surface area contributed by atoms with Crippen LogP contribution in [0.3, 0.4) is 0 Å². The number of fused-ring (bicyclic) bond motifs is 1. The van der Waals surface area contributed by atoms with Crippen molar-refractivity contribution in [2.24, 2.45) is 0 Å². The Morgan fingerprint density at radius 2 is 1.80 bits per heavy atom. The lowest BCUT2D eigenvalue weighted by Crippen LogP contribution is -2.22. The minimum absolute atomic E-state index is 0.0610. The summed E-state index contributed by atoms with van der Waals surface area (Å²) in [5, 5.41) is 11.8. The first-order valence-electron chi connectivity index (χ1n) is 7.37. The second-order valence-corrected chi connectivity index (χ2v) is 5.18. The van der Waals surface area contributed by atoms with Crippen molar-refractivity contribution in [2.75, 3.05) is 0 Å². The van der Waals surface area contributed by atoms with Gasteiger partial charge in [-0.1, -0.05) is 36.4 Å². The number of hydrogen-bond acceptors (Lipinski definition) is 4. The molecule has 3 aromatic rings. The molecule has 0 spiro atoms. The number of aromatic carboxylic acids is 1. The van der Waals surface area contributed by atoms with E-state index in [1.54, 1.807) is 48.6 Å². The number of alkyl halides is 2. The van der Waals surface area contributed by atoms with Gasteiger partial charge in [0.05, 0.1) is 17.2 Å². The van der Waals surface area contributed by atoms with Crippen molar-refractivity contribution in [1.82, 2.24) is 4.98 Å². The van der Waals surface area contributed by atoms with Gasteiger partial charge >= 0.3 is 6.61 Å². The number of carbonyl (C=O) groups is 1. The van der Waals surface area contributed by atoms with Crippen LogP contribution < -0.4 is 9.84 Å². The Kier molecular flexibility index (Phi) is 4.70. The van der Waals surface area contributed by atoms with Crippen LogP contribution in [0.1, 0.15) is 21.6 Å². The molecule has 126 valence electrons. The minimum Gasteiger partial charge on any atom is -0.545 e. The molecule has 1 aromatic heterocycles. The van der Waals surface area contributed by atoms with Gasteiger partial charge < -0.3 is 14.6 Å². The number of carbonyl (C=O) groups excluding carboxylic acids is 1. The normalized spacial score (nSPS) is 11.3. The molecule has 0 saturated heterocycles. The quantitative estimate of drug-likeness (QED) is 0.714. The summed E-state index contributed by atoms with van der Waals surface area (Å²) in [5.74, 6) is -1.21. The zero-order valence-electron chi connectivity index (χ0n) is 12.9. The number of ether oxygens (including phenoxy) is 1. The molecule has 4 nitrogen and oxygen atoms in total. The standard InChI is InChI=1S/C19H13F2NO3/c20-19(21)25-14-9-6-12(7-10-14)5-8-13-11-16(18(23)24)15-3-1-2-4-17(15)22-13/h1-11,19H,(H,23,24)/p-1/b8-5+. The van der Waals surface area contributed by atoms with Gasteiger partial charge in [-0.05, 0) is 35.9 Å². The molecule has 0 saturated carbocycles. The van der Waals surface area contributed by atoms with E-state index in [9.17, 15) is 18.7 Å². The summed E-state index contributed by atoms with van der Waals surface area (Å²) in [6.45, 7) is -2.87. The Morgan fingerprint density at radius 1 is 1.08 bits per heavy atom. The van der Waals surface area contributed by atoms with Crippen LogP contribution in [0.25, 0.3) is 23.1 Å². The summed E-state index contributed by atoms with van der Waals surface area (Å²) in [6.07, 6.45) is 3.34. The fraction of sp³-hybridized carbons (Fsp3) is 0.0526. The highest BCUT2D eigenvalue weighted by Crippen LogP contribution is 2.20. The van der Waals surface area contributed by atoms with Crippen molar-refractivity contribution in [3.05, 3.63) is 71.4 Å². The molecule has 0 aliphatic heterocycles. The van der Waals surface area contributed by atoms with E-state index in [1.165, 1.54) is 18.2 Å². The molecule has 2 aromatic carbocycles. The van der Waals surface area contributed by atoms with E-state index in [-0.39, 0.29) is 11.3 Å². The second kappa shape index (κ2) is 7.09. The number of carboxylic acid groups (broad SMARTS) is 1. The molecule has 0 amide bonds. The van der Waals surface area contributed by atoms with Crippen LogP contribution in [0, 0.1) is 0 Å². The molecule has 25 heavy (non-hydrogen) atoms. The lowest BCUT2D eigenvalue weighted by Gasteiger charge is -2.08. The van der Waals surface area contributed by atoms with Crippen LogP contribution in [0.4, 0.5) is 8.78 Å². The van der Waals surface area contributed by atoms with Crippen LogP contribution in [0.15, 0.2) is 54.6 Å². The number of hydrogen-bond donors (Lipinski definition) is 0. The minimum atomic E-state index is -2.87. The number of para-hydroxylation sites is 1. The highest BCUT2D eigenvalue weighted by molar-refractivity contribution is 6.02. The van der Waals surface area contributed by atoms with E-state index in [0.29, 0.717) is 16.6 Å². The molecule has 0 atom stereocenters. The predicted molar refractivity (Wildman–Crippen MR) is 88.1 cm³/mol. The molecule has 0 radical (unpaired) electrons. The average molecular weight is 340 g/mol. The third-order valence-corrected chi connectivity index (χ3v) is 3.51. The Hall–Kier alpha value is -3.28. The Balaban J connectivity index is 1.89. The molecule has 1 heterocycles. The van der Waals surface area contributed by atoms with Crippen LogP contribution in [-0.4, -0.2) is 17.6 Å². The summed E-state index contributed by atoms with van der Waals surface area (Å²) in [7, 11) is 0. The molecular weight excluding hydrogens is 328 g/mol. The molecule has 3 rings (SSSR count). The first kappa shape index (κ1) is 16.6. The van der Waals surface area contributed by atoms with Crippen LogP contribution in [-0.2, 0) is 0 Å². The van der Waals surface area contributed by atoms with Crippen molar-refractivity contribution >= 4 is 29.0 Å². The second-order valence-electron chi connectivity index (χ2n) is 5.18. The fourth-order valence-electron chi connectivity index (χ4n) is 2.39. The van der Waals surface area contributed by atoms with Gasteiger partial charge in [-0.25, -0.2) is 4.98 Å². The molecule has 0 N–H and O–H groups in total. The number of halogens is 2. The smallest absolute Gasteiger partial charge is 0.387 e. The molecule has 0 bridgehead atoms. The van der Waals surface area contributed by atoms with Crippen molar-refractivity contribution in [3.63, 3.8) is 0 Å². The van der Waals surface area contributed by atoms with Gasteiger partial charge in [-0.15, -0.1) is 0 Å². The van der Waals surface area contributed by atoms with E-state index < -0.39 is 12.6 Å². The summed E-state index contributed by atoms with van der Waals surface area (Å²) in [6, 6.07) is 14.4. The van der Waals surface area contributed by atoms with Gasteiger partial charge in [-0.3, -0.25) is 0 Å². The fourth-order valence-corrected chi connectivity index (χ4v) is 2.39. The highest BCUT2D eigenvalue weighted by Gasteiger charge is 2.05. The van der Waals surface area contributed by atoms with Crippen molar-refractivity contribution in [2.45, 2.75) is 6.61 Å². The largest absolute Gasteiger partial charge is 0.545 e. The van der Waals surface area contributed by atoms with Crippen molar-refractivity contribution in [3.8, 4) is 5.75 Å². The Bertz CT molecular complexity index is 937. The summed E-state index contributed by atoms with van der Waals surface area (Å²) < 4.78 is 28.5. The SMILES string of the molecule is O=C([O-])c1cc(/C=C/c2ccc(OC(F)F)cc2)nc2ccccc12. The van der Waals surface area contributed by atoms with E-state index >= 15 is 0 Å². The van der Waals surface area contributed by atoms with E-state index in [1.807, 2.05) is 0 Å². The predicted octanol–water partition coefficient (Wildman–Crippen LogP) is 3.37. The van der Waals surface area contributed by atoms with E-state index in [4.69, 9.17) is 0 Å². The number of benzene rings is 2. The maximum Gasteiger partial charge on any atom is 0.387 e. The molecule has 0 aliphatic rings. The van der Waals surface area contributed by atoms with Gasteiger partial charge in [-0.2, -0.15) is 8.78 Å². The topological polar surface area (TPSA) is 62.2 Å². The summed E-state index contributed by atoms with van der Waals surface area (Å²) in [5.41, 5.74) is 1.79. The summed E-state index contributed by atoms with van der Waals surface area (Å²) in [4.78, 5) is 15.7. The molecule has 6 heteroatoms. The van der Waals surface area contributed by atoms with Gasteiger partial charge in [0.1, 0.15) is 5.75 Å². The number of nitrogens with zero attached hydrogens (tertiary/aromatic N) is 1. The van der Waals surface area contributed by atoms with E-state index in [2.05, 4.69) is 9.72 Å². The number of carboxylic acids is 1. The van der Waals surface area contributed by atoms with Gasteiger partial charge in [0.2, 0.25) is 0 Å². The van der Waals surface area contributed by atoms with Crippen LogP contribution >= 0.6 is 0 Å². The van der Waals surface area contributed by atoms with Gasteiger partial charge in [0, 0.05) is 10.9 Å². The molecule has 0 fully saturated rings. The zero-order valence-corrected chi connectivity index (χ0v) is 12.9. The van der Waals surface area contributed by atoms with Gasteiger partial charge in [0.15, 0.2) is 0 Å². The molecular formula is C19H12F2NO3-. The Morgan fingerprint density at radius 3 is 2.48 bits per heavy atom. The molecule has 0 unspecified atom stereocenters. The lowest BCUT2D eigenvalue weighted by atomic mass is 10.1. The first-order valence-corrected chi connectivity index (χ1v) is 7.37. The highest BCUT2D eigenvalue weighted by atomic mass is 19.3. The van der Waals surface area contributed by atoms with Crippen LogP contribution in [0.2, 0.25) is 0 Å². The van der Waals surface area contributed by atoms with E-state index in [0.717, 1.165) is 5.56 Å². The van der Waals surface area contributed by atoms with Crippen LogP contribution in [0.5, 0.6) is 5.75 Å². The van der Waals surface area contributed by atoms with Gasteiger partial charge in [0.25, 0.3) is 0 Å². The number of rotatable bonds is 5. The maximum absolute atomic E-state index is 12.1. The maximum atomic E-state index is 12.1. The lowest BCUT2D eigenvalue weighted by molar-refractivity contribution is -0.254. The zero-order chi connectivity index (χ0) is 17.8. The Labute approximate surface area is 142 Å². The summed E-state index contributed by atoms with van der Waals surface area (Å²) >= 11 is 0. The van der Waals surface area contributed by atoms with Crippen molar-refractivity contribution in [1.29, 1.82) is 0 Å². The molecule has 0 aliphatic carbocycles. The van der Waals surface area contributed by atoms with Crippen molar-refractivity contribution < 1.29 is 23.4 Å². The number of aromatic nitrogens is 1. The monoisotopic (exact) mass is 340 g/mol. The third kappa shape index (κ3) is 3.98. The first-order chi connectivity index (χ1) is 12.0.